The highest BCUT2D eigenvalue weighted by molar-refractivity contribution is 5.82. The number of halogens is 1. The van der Waals surface area contributed by atoms with Gasteiger partial charge in [-0.05, 0) is 18.2 Å². The van der Waals surface area contributed by atoms with Crippen molar-refractivity contribution in [3.63, 3.8) is 0 Å². The molecule has 0 spiro atoms. The minimum Gasteiger partial charge on any atom is -0.399 e. The number of H-pyrrole nitrogens is 1. The van der Waals surface area contributed by atoms with Crippen LogP contribution in [0.3, 0.4) is 0 Å². The molecule has 0 saturated heterocycles. The number of nitrogen functional groups attached to an aromatic ring is 1. The van der Waals surface area contributed by atoms with Crippen molar-refractivity contribution < 1.29 is 4.39 Å². The number of nitrogens with zero attached hydrogens (tertiary/aromatic N) is 2. The van der Waals surface area contributed by atoms with Crippen LogP contribution < -0.4 is 5.73 Å². The molecule has 3 rings (SSSR count). The van der Waals surface area contributed by atoms with Gasteiger partial charge in [0, 0.05) is 35.6 Å². The van der Waals surface area contributed by atoms with Crippen LogP contribution in [0.25, 0.3) is 5.57 Å². The normalized spacial score (nSPS) is 14.3. The Morgan fingerprint density at radius 2 is 2.22 bits per heavy atom. The second-order valence-corrected chi connectivity index (χ2v) is 4.46. The Morgan fingerprint density at radius 1 is 1.39 bits per heavy atom. The molecule has 0 bridgehead atoms. The first-order valence-corrected chi connectivity index (χ1v) is 5.65. The van der Waals surface area contributed by atoms with E-state index < -0.39 is 0 Å². The SMILES string of the molecule is CN1C=C(c2ccc(N)cc2F)c2cn[nH]c2C1. The Kier molecular flexibility index (Phi) is 2.33. The molecule has 2 heterocycles. The molecular weight excluding hydrogens is 231 g/mol. The zero-order valence-corrected chi connectivity index (χ0v) is 9.94. The van der Waals surface area contributed by atoms with Gasteiger partial charge in [-0.3, -0.25) is 5.10 Å². The number of aromatic amines is 1. The lowest BCUT2D eigenvalue weighted by Gasteiger charge is -2.22. The van der Waals surface area contributed by atoms with Gasteiger partial charge in [0.1, 0.15) is 5.82 Å². The number of hydrogen-bond donors (Lipinski definition) is 2. The molecule has 3 N–H and O–H groups in total. The summed E-state index contributed by atoms with van der Waals surface area (Å²) in [6, 6.07) is 4.74. The van der Waals surface area contributed by atoms with E-state index in [4.69, 9.17) is 5.73 Å². The summed E-state index contributed by atoms with van der Waals surface area (Å²) >= 11 is 0. The highest BCUT2D eigenvalue weighted by atomic mass is 19.1. The largest absolute Gasteiger partial charge is 0.399 e. The van der Waals surface area contributed by atoms with Crippen LogP contribution in [0.4, 0.5) is 10.1 Å². The Hall–Kier alpha value is -2.30. The molecule has 1 aliphatic heterocycles. The molecule has 0 unspecified atom stereocenters. The molecule has 92 valence electrons. The van der Waals surface area contributed by atoms with Crippen molar-refractivity contribution in [3.05, 3.63) is 53.2 Å². The number of nitrogens with one attached hydrogen (secondary N) is 1. The summed E-state index contributed by atoms with van der Waals surface area (Å²) < 4.78 is 14.0. The predicted molar refractivity (Wildman–Crippen MR) is 67.9 cm³/mol. The van der Waals surface area contributed by atoms with Crippen LogP contribution in [0.5, 0.6) is 0 Å². The molecule has 0 saturated carbocycles. The Bertz CT molecular complexity index is 630. The number of hydrogen-bond acceptors (Lipinski definition) is 3. The quantitative estimate of drug-likeness (QED) is 0.754. The van der Waals surface area contributed by atoms with Crippen molar-refractivity contribution in [1.82, 2.24) is 15.1 Å². The van der Waals surface area contributed by atoms with Gasteiger partial charge in [0.2, 0.25) is 0 Å². The Labute approximate surface area is 104 Å². The Balaban J connectivity index is 2.16. The van der Waals surface area contributed by atoms with E-state index in [0.29, 0.717) is 11.3 Å². The van der Waals surface area contributed by atoms with E-state index in [0.717, 1.165) is 23.4 Å². The van der Waals surface area contributed by atoms with Crippen LogP contribution >= 0.6 is 0 Å². The second-order valence-electron chi connectivity index (χ2n) is 4.46. The van der Waals surface area contributed by atoms with Crippen LogP contribution in [-0.4, -0.2) is 22.1 Å². The maximum atomic E-state index is 14.0. The first-order chi connectivity index (χ1) is 8.65. The maximum absolute atomic E-state index is 14.0. The summed E-state index contributed by atoms with van der Waals surface area (Å²) in [6.45, 7) is 0.745. The van der Waals surface area contributed by atoms with Crippen LogP contribution in [-0.2, 0) is 6.54 Å². The summed E-state index contributed by atoms with van der Waals surface area (Å²) in [5.74, 6) is -0.316. The lowest BCUT2D eigenvalue weighted by molar-refractivity contribution is 0.438. The van der Waals surface area contributed by atoms with E-state index in [-0.39, 0.29) is 5.82 Å². The van der Waals surface area contributed by atoms with Crippen LogP contribution in [0.15, 0.2) is 30.6 Å². The van der Waals surface area contributed by atoms with Gasteiger partial charge in [0.25, 0.3) is 0 Å². The van der Waals surface area contributed by atoms with Gasteiger partial charge in [-0.15, -0.1) is 0 Å². The molecule has 4 nitrogen and oxygen atoms in total. The monoisotopic (exact) mass is 244 g/mol. The van der Waals surface area contributed by atoms with Crippen molar-refractivity contribution in [2.24, 2.45) is 0 Å². The molecule has 1 aliphatic rings. The third kappa shape index (κ3) is 1.64. The zero-order valence-electron chi connectivity index (χ0n) is 9.94. The third-order valence-corrected chi connectivity index (χ3v) is 3.05. The second kappa shape index (κ2) is 3.87. The standard InChI is InChI=1S/C13H13FN4/c1-18-6-11(10-5-16-17-13(10)7-18)9-3-2-8(15)4-12(9)14/h2-6H,7,15H2,1H3,(H,16,17). The van der Waals surface area contributed by atoms with Gasteiger partial charge in [0.05, 0.1) is 18.4 Å². The fourth-order valence-electron chi connectivity index (χ4n) is 2.21. The van der Waals surface area contributed by atoms with Gasteiger partial charge < -0.3 is 10.6 Å². The van der Waals surface area contributed by atoms with Gasteiger partial charge >= 0.3 is 0 Å². The first kappa shape index (κ1) is 10.8. The molecule has 0 aliphatic carbocycles. The van der Waals surface area contributed by atoms with Crippen molar-refractivity contribution >= 4 is 11.3 Å². The summed E-state index contributed by atoms with van der Waals surface area (Å²) in [7, 11) is 1.94. The molecule has 0 radical (unpaired) electrons. The van der Waals surface area contributed by atoms with Gasteiger partial charge in [-0.25, -0.2) is 4.39 Å². The topological polar surface area (TPSA) is 57.9 Å². The van der Waals surface area contributed by atoms with E-state index in [1.807, 2.05) is 18.1 Å². The lowest BCUT2D eigenvalue weighted by atomic mass is 9.96. The summed E-state index contributed by atoms with van der Waals surface area (Å²) in [5, 5.41) is 6.96. The molecular formula is C13H13FN4. The molecule has 18 heavy (non-hydrogen) atoms. The highest BCUT2D eigenvalue weighted by Crippen LogP contribution is 2.32. The van der Waals surface area contributed by atoms with Gasteiger partial charge in [-0.1, -0.05) is 0 Å². The van der Waals surface area contributed by atoms with Crippen molar-refractivity contribution in [3.8, 4) is 0 Å². The highest BCUT2D eigenvalue weighted by Gasteiger charge is 2.20. The minimum atomic E-state index is -0.316. The van der Waals surface area contributed by atoms with Crippen molar-refractivity contribution in [2.45, 2.75) is 6.54 Å². The van der Waals surface area contributed by atoms with Crippen LogP contribution in [0, 0.1) is 5.82 Å². The number of fused-ring (bicyclic) bond motifs is 1. The van der Waals surface area contributed by atoms with Crippen molar-refractivity contribution in [1.29, 1.82) is 0 Å². The van der Waals surface area contributed by atoms with E-state index >= 15 is 0 Å². The average molecular weight is 244 g/mol. The lowest BCUT2D eigenvalue weighted by Crippen LogP contribution is -2.17. The van der Waals surface area contributed by atoms with Crippen LogP contribution in [0.2, 0.25) is 0 Å². The molecule has 1 aromatic carbocycles. The van der Waals surface area contributed by atoms with E-state index in [9.17, 15) is 4.39 Å². The zero-order chi connectivity index (χ0) is 12.7. The smallest absolute Gasteiger partial charge is 0.133 e. The van der Waals surface area contributed by atoms with Gasteiger partial charge in [0.15, 0.2) is 0 Å². The first-order valence-electron chi connectivity index (χ1n) is 5.65. The van der Waals surface area contributed by atoms with E-state index in [1.165, 1.54) is 6.07 Å². The van der Waals surface area contributed by atoms with Gasteiger partial charge in [-0.2, -0.15) is 5.10 Å². The predicted octanol–water partition coefficient (Wildman–Crippen LogP) is 1.97. The summed E-state index contributed by atoms with van der Waals surface area (Å²) in [6.07, 6.45) is 3.65. The fraction of sp³-hybridized carbons (Fsp3) is 0.154. The van der Waals surface area contributed by atoms with Crippen LogP contribution in [0.1, 0.15) is 16.8 Å². The van der Waals surface area contributed by atoms with E-state index in [2.05, 4.69) is 10.2 Å². The minimum absolute atomic E-state index is 0.316. The fourth-order valence-corrected chi connectivity index (χ4v) is 2.21. The molecule has 0 atom stereocenters. The summed E-state index contributed by atoms with van der Waals surface area (Å²) in [4.78, 5) is 1.99. The molecule has 0 fully saturated rings. The maximum Gasteiger partial charge on any atom is 0.133 e. The number of aromatic nitrogens is 2. The number of benzene rings is 1. The molecule has 1 aromatic heterocycles. The molecule has 0 amide bonds. The van der Waals surface area contributed by atoms with Crippen molar-refractivity contribution in [2.75, 3.05) is 12.8 Å². The third-order valence-electron chi connectivity index (χ3n) is 3.05. The molecule has 2 aromatic rings. The number of rotatable bonds is 1. The number of nitrogens with two attached hydrogens (primary N) is 1. The molecule has 5 heteroatoms. The summed E-state index contributed by atoms with van der Waals surface area (Å²) in [5.41, 5.74) is 9.29. The Morgan fingerprint density at radius 3 is 3.00 bits per heavy atom. The average Bonchev–Trinajstić information content (AvgIpc) is 2.76. The van der Waals surface area contributed by atoms with E-state index in [1.54, 1.807) is 18.3 Å². The number of anilines is 1.